The maximum atomic E-state index is 5.58. The van der Waals surface area contributed by atoms with E-state index in [2.05, 4.69) is 53.3 Å². The Morgan fingerprint density at radius 2 is 1.86 bits per heavy atom. The molecule has 2 atom stereocenters. The van der Waals surface area contributed by atoms with E-state index in [0.717, 1.165) is 25.3 Å². The Labute approximate surface area is 132 Å². The van der Waals surface area contributed by atoms with Gasteiger partial charge in [0.25, 0.3) is 0 Å². The van der Waals surface area contributed by atoms with E-state index in [4.69, 9.17) is 4.52 Å². The van der Waals surface area contributed by atoms with Crippen molar-refractivity contribution in [3.63, 3.8) is 0 Å². The van der Waals surface area contributed by atoms with Gasteiger partial charge in [-0.2, -0.15) is 4.98 Å². The Balaban J connectivity index is 2.29. The van der Waals surface area contributed by atoms with Crippen LogP contribution in [-0.4, -0.2) is 41.2 Å². The number of likely N-dealkylation sites (N-methyl/N-ethyl adjacent to an activating group) is 1. The number of aromatic nitrogens is 2. The van der Waals surface area contributed by atoms with Crippen LogP contribution in [-0.2, 0) is 6.42 Å². The summed E-state index contributed by atoms with van der Waals surface area (Å²) in [5, 5.41) is 7.35. The molecule has 0 aliphatic heterocycles. The first-order valence-electron chi connectivity index (χ1n) is 7.98. The average molecular weight is 302 g/mol. The highest BCUT2D eigenvalue weighted by molar-refractivity contribution is 5.24. The summed E-state index contributed by atoms with van der Waals surface area (Å²) in [6.45, 7) is 8.27. The first-order chi connectivity index (χ1) is 10.7. The smallest absolute Gasteiger partial charge is 0.248 e. The van der Waals surface area contributed by atoms with Crippen molar-refractivity contribution in [2.45, 2.75) is 39.3 Å². The molecule has 0 saturated heterocycles. The summed E-state index contributed by atoms with van der Waals surface area (Å²) in [5.74, 6) is 1.43. The van der Waals surface area contributed by atoms with Crippen molar-refractivity contribution < 1.29 is 4.52 Å². The lowest BCUT2D eigenvalue weighted by Crippen LogP contribution is -2.29. The van der Waals surface area contributed by atoms with Crippen LogP contribution in [0, 0.1) is 0 Å². The van der Waals surface area contributed by atoms with Gasteiger partial charge in [0.15, 0.2) is 5.82 Å². The molecule has 0 aliphatic carbocycles. The molecule has 5 nitrogen and oxygen atoms in total. The lowest BCUT2D eigenvalue weighted by molar-refractivity contribution is 0.204. The second-order valence-corrected chi connectivity index (χ2v) is 5.48. The molecule has 1 aromatic heterocycles. The van der Waals surface area contributed by atoms with Gasteiger partial charge in [-0.05, 0) is 32.6 Å². The lowest BCUT2D eigenvalue weighted by Gasteiger charge is -2.26. The highest BCUT2D eigenvalue weighted by Gasteiger charge is 2.26. The predicted octanol–water partition coefficient (Wildman–Crippen LogP) is 2.65. The molecule has 1 N–H and O–H groups in total. The molecule has 0 radical (unpaired) electrons. The van der Waals surface area contributed by atoms with Gasteiger partial charge >= 0.3 is 0 Å². The summed E-state index contributed by atoms with van der Waals surface area (Å²) < 4.78 is 5.58. The van der Waals surface area contributed by atoms with E-state index < -0.39 is 0 Å². The van der Waals surface area contributed by atoms with Crippen LogP contribution in [0.2, 0.25) is 0 Å². The summed E-state index contributed by atoms with van der Waals surface area (Å²) >= 11 is 0. The van der Waals surface area contributed by atoms with Crippen LogP contribution in [0.5, 0.6) is 0 Å². The number of rotatable bonds is 8. The number of nitrogens with zero attached hydrogens (tertiary/aromatic N) is 3. The Morgan fingerprint density at radius 1 is 1.18 bits per heavy atom. The van der Waals surface area contributed by atoms with Crippen molar-refractivity contribution >= 4 is 0 Å². The zero-order valence-corrected chi connectivity index (χ0v) is 13.9. The van der Waals surface area contributed by atoms with Gasteiger partial charge in [0, 0.05) is 12.5 Å². The molecule has 0 bridgehead atoms. The van der Waals surface area contributed by atoms with E-state index >= 15 is 0 Å². The van der Waals surface area contributed by atoms with E-state index in [0.29, 0.717) is 11.9 Å². The molecule has 2 rings (SSSR count). The fourth-order valence-corrected chi connectivity index (χ4v) is 2.57. The van der Waals surface area contributed by atoms with E-state index in [1.807, 2.05) is 25.2 Å². The first kappa shape index (κ1) is 16.6. The van der Waals surface area contributed by atoms with Gasteiger partial charge in [-0.1, -0.05) is 49.3 Å². The fourth-order valence-electron chi connectivity index (χ4n) is 2.57. The fraction of sp³-hybridized carbons (Fsp3) is 0.529. The monoisotopic (exact) mass is 302 g/mol. The van der Waals surface area contributed by atoms with Gasteiger partial charge in [0.2, 0.25) is 5.89 Å². The zero-order valence-electron chi connectivity index (χ0n) is 13.9. The van der Waals surface area contributed by atoms with E-state index in [9.17, 15) is 0 Å². The number of hydrogen-bond donors (Lipinski definition) is 1. The summed E-state index contributed by atoms with van der Waals surface area (Å²) in [5.41, 5.74) is 1.18. The number of nitrogens with one attached hydrogen (secondary N) is 1. The van der Waals surface area contributed by atoms with Crippen LogP contribution < -0.4 is 5.32 Å². The van der Waals surface area contributed by atoms with Crippen LogP contribution in [0.1, 0.15) is 44.1 Å². The number of hydrogen-bond acceptors (Lipinski definition) is 5. The second-order valence-electron chi connectivity index (χ2n) is 5.48. The normalized spacial score (nSPS) is 14.2. The maximum Gasteiger partial charge on any atom is 0.248 e. The summed E-state index contributed by atoms with van der Waals surface area (Å²) in [6, 6.07) is 10.7. The quantitative estimate of drug-likeness (QED) is 0.812. The molecule has 2 aromatic rings. The maximum absolute atomic E-state index is 5.58. The lowest BCUT2D eigenvalue weighted by atomic mass is 10.1. The van der Waals surface area contributed by atoms with Crippen molar-refractivity contribution in [1.29, 1.82) is 0 Å². The van der Waals surface area contributed by atoms with Gasteiger partial charge in [-0.3, -0.25) is 4.90 Å². The third-order valence-corrected chi connectivity index (χ3v) is 3.99. The Morgan fingerprint density at radius 3 is 2.45 bits per heavy atom. The molecule has 1 aromatic carbocycles. The molecule has 0 saturated carbocycles. The van der Waals surface area contributed by atoms with Crippen LogP contribution in [0.25, 0.3) is 0 Å². The first-order valence-corrected chi connectivity index (χ1v) is 7.98. The number of benzene rings is 1. The molecule has 2 unspecified atom stereocenters. The van der Waals surface area contributed by atoms with E-state index in [1.165, 1.54) is 5.56 Å². The summed E-state index contributed by atoms with van der Waals surface area (Å²) in [7, 11) is 1.94. The second kappa shape index (κ2) is 8.06. The summed E-state index contributed by atoms with van der Waals surface area (Å²) in [4.78, 5) is 6.96. The standard InChI is InChI=1S/C17H26N4O/c1-5-21(6-2)16(14-10-8-7-9-11-14)17-19-15(20-22-17)12-13(3)18-4/h7-11,13,16,18H,5-6,12H2,1-4H3. The Hall–Kier alpha value is -1.72. The minimum atomic E-state index is 0.0161. The molecule has 22 heavy (non-hydrogen) atoms. The van der Waals surface area contributed by atoms with Crippen LogP contribution in [0.3, 0.4) is 0 Å². The largest absolute Gasteiger partial charge is 0.337 e. The van der Waals surface area contributed by atoms with Crippen molar-refractivity contribution in [2.75, 3.05) is 20.1 Å². The SMILES string of the molecule is CCN(CC)C(c1ccccc1)c1nc(CC(C)NC)no1. The molecule has 0 aliphatic rings. The van der Waals surface area contributed by atoms with Gasteiger partial charge in [0.05, 0.1) is 0 Å². The highest BCUT2D eigenvalue weighted by atomic mass is 16.5. The van der Waals surface area contributed by atoms with Crippen molar-refractivity contribution in [1.82, 2.24) is 20.4 Å². The van der Waals surface area contributed by atoms with Crippen molar-refractivity contribution in [2.24, 2.45) is 0 Å². The predicted molar refractivity (Wildman–Crippen MR) is 87.7 cm³/mol. The van der Waals surface area contributed by atoms with Gasteiger partial charge < -0.3 is 9.84 Å². The van der Waals surface area contributed by atoms with Crippen molar-refractivity contribution in [3.8, 4) is 0 Å². The van der Waals surface area contributed by atoms with Crippen LogP contribution in [0.15, 0.2) is 34.9 Å². The van der Waals surface area contributed by atoms with Gasteiger partial charge in [-0.25, -0.2) is 0 Å². The van der Waals surface area contributed by atoms with Gasteiger partial charge in [0.1, 0.15) is 6.04 Å². The highest BCUT2D eigenvalue weighted by Crippen LogP contribution is 2.27. The molecule has 120 valence electrons. The molecular formula is C17H26N4O. The average Bonchev–Trinajstić information content (AvgIpc) is 3.00. The van der Waals surface area contributed by atoms with Gasteiger partial charge in [-0.15, -0.1) is 0 Å². The third-order valence-electron chi connectivity index (χ3n) is 3.99. The minimum Gasteiger partial charge on any atom is -0.337 e. The summed E-state index contributed by atoms with van der Waals surface area (Å²) in [6.07, 6.45) is 0.764. The topological polar surface area (TPSA) is 54.2 Å². The molecule has 0 amide bonds. The van der Waals surface area contributed by atoms with Crippen molar-refractivity contribution in [3.05, 3.63) is 47.6 Å². The Kier molecular flexibility index (Phi) is 6.10. The van der Waals surface area contributed by atoms with Crippen LogP contribution >= 0.6 is 0 Å². The van der Waals surface area contributed by atoms with Crippen LogP contribution in [0.4, 0.5) is 0 Å². The molecule has 0 spiro atoms. The van der Waals surface area contributed by atoms with E-state index in [1.54, 1.807) is 0 Å². The Bertz CT molecular complexity index is 551. The zero-order chi connectivity index (χ0) is 15.9. The third kappa shape index (κ3) is 3.93. The molecule has 0 fully saturated rings. The minimum absolute atomic E-state index is 0.0161. The van der Waals surface area contributed by atoms with E-state index in [-0.39, 0.29) is 6.04 Å². The molecular weight excluding hydrogens is 276 g/mol. The molecule has 1 heterocycles. The molecule has 5 heteroatoms.